The molecule has 0 spiro atoms. The fourth-order valence-corrected chi connectivity index (χ4v) is 4.88. The number of nitrogens with zero attached hydrogens (tertiary/aromatic N) is 3. The summed E-state index contributed by atoms with van der Waals surface area (Å²) in [7, 11) is 0. The van der Waals surface area contributed by atoms with Crippen LogP contribution in [0, 0.1) is 18.6 Å². The maximum Gasteiger partial charge on any atom is 0.260 e. The van der Waals surface area contributed by atoms with E-state index in [2.05, 4.69) is 9.80 Å². The number of aromatic hydroxyl groups is 1. The van der Waals surface area contributed by atoms with E-state index < -0.39 is 6.04 Å². The van der Waals surface area contributed by atoms with Gasteiger partial charge in [-0.1, -0.05) is 12.1 Å². The summed E-state index contributed by atoms with van der Waals surface area (Å²) in [5, 5.41) is 11.0. The first-order chi connectivity index (χ1) is 17.4. The Kier molecular flexibility index (Phi) is 6.61. The minimum Gasteiger partial charge on any atom is -0.507 e. The Hall–Kier alpha value is -3.91. The molecule has 0 saturated carbocycles. The minimum absolute atomic E-state index is 0.0940. The largest absolute Gasteiger partial charge is 0.507 e. The van der Waals surface area contributed by atoms with Gasteiger partial charge in [0.2, 0.25) is 0 Å². The van der Waals surface area contributed by atoms with E-state index in [4.69, 9.17) is 4.42 Å². The first-order valence-corrected chi connectivity index (χ1v) is 11.9. The van der Waals surface area contributed by atoms with Gasteiger partial charge in [0, 0.05) is 37.6 Å². The van der Waals surface area contributed by atoms with Crippen LogP contribution in [0.1, 0.15) is 28.6 Å². The highest BCUT2D eigenvalue weighted by Gasteiger charge is 2.31. The second-order valence-corrected chi connectivity index (χ2v) is 9.01. The molecule has 1 atom stereocenters. The quantitative estimate of drug-likeness (QED) is 0.424. The number of anilines is 1. The van der Waals surface area contributed by atoms with E-state index in [0.717, 1.165) is 5.69 Å². The number of halogens is 2. The summed E-state index contributed by atoms with van der Waals surface area (Å²) in [6.07, 6.45) is 1.55. The van der Waals surface area contributed by atoms with Crippen LogP contribution in [0.2, 0.25) is 0 Å². The number of hydrogen-bond donors (Lipinski definition) is 1. The van der Waals surface area contributed by atoms with Crippen LogP contribution >= 0.6 is 0 Å². The third-order valence-corrected chi connectivity index (χ3v) is 6.75. The van der Waals surface area contributed by atoms with Crippen molar-refractivity contribution < 1.29 is 18.3 Å². The SMILES string of the molecule is Cc1cc(O)c([C@@H](c2ccc(F)cc2)N2CCN(c3ccc(F)cc3)CC2)c(=O)n1Cc1ccco1. The molecule has 0 unspecified atom stereocenters. The van der Waals surface area contributed by atoms with Gasteiger partial charge in [-0.15, -0.1) is 0 Å². The summed E-state index contributed by atoms with van der Waals surface area (Å²) in [6.45, 7) is 4.48. The Balaban J connectivity index is 1.51. The van der Waals surface area contributed by atoms with Crippen molar-refractivity contribution in [3.63, 3.8) is 0 Å². The van der Waals surface area contributed by atoms with Gasteiger partial charge in [-0.25, -0.2) is 8.78 Å². The molecule has 6 nitrogen and oxygen atoms in total. The molecular weight excluding hydrogens is 464 g/mol. The zero-order valence-electron chi connectivity index (χ0n) is 19.9. The van der Waals surface area contributed by atoms with Crippen molar-refractivity contribution in [2.45, 2.75) is 19.5 Å². The summed E-state index contributed by atoms with van der Waals surface area (Å²) >= 11 is 0. The van der Waals surface area contributed by atoms with Gasteiger partial charge >= 0.3 is 0 Å². The van der Waals surface area contributed by atoms with Gasteiger partial charge in [-0.2, -0.15) is 0 Å². The van der Waals surface area contributed by atoms with Crippen LogP contribution in [-0.2, 0) is 6.54 Å². The average Bonchev–Trinajstić information content (AvgIpc) is 3.39. The van der Waals surface area contributed by atoms with E-state index in [1.807, 2.05) is 0 Å². The molecule has 1 aliphatic rings. The van der Waals surface area contributed by atoms with Gasteiger partial charge < -0.3 is 19.0 Å². The van der Waals surface area contributed by atoms with Crippen LogP contribution in [0.15, 0.2) is 82.2 Å². The number of hydrogen-bond acceptors (Lipinski definition) is 5. The van der Waals surface area contributed by atoms with Gasteiger partial charge in [0.25, 0.3) is 5.56 Å². The van der Waals surface area contributed by atoms with Crippen LogP contribution in [0.4, 0.5) is 14.5 Å². The number of aromatic nitrogens is 1. The molecule has 0 bridgehead atoms. The maximum absolute atomic E-state index is 13.8. The molecule has 1 saturated heterocycles. The smallest absolute Gasteiger partial charge is 0.260 e. The second kappa shape index (κ2) is 9.99. The molecule has 1 fully saturated rings. The van der Waals surface area contributed by atoms with Gasteiger partial charge in [-0.3, -0.25) is 9.69 Å². The van der Waals surface area contributed by atoms with Crippen LogP contribution in [0.3, 0.4) is 0 Å². The molecule has 2 aromatic carbocycles. The first kappa shape index (κ1) is 23.8. The van der Waals surface area contributed by atoms with Crippen molar-refractivity contribution >= 4 is 5.69 Å². The van der Waals surface area contributed by atoms with Crippen LogP contribution in [-0.4, -0.2) is 40.8 Å². The van der Waals surface area contributed by atoms with Crippen molar-refractivity contribution in [1.29, 1.82) is 0 Å². The predicted octanol–water partition coefficient (Wildman–Crippen LogP) is 4.69. The van der Waals surface area contributed by atoms with E-state index in [1.54, 1.807) is 60.2 Å². The highest BCUT2D eigenvalue weighted by Crippen LogP contribution is 2.34. The molecule has 0 amide bonds. The zero-order valence-corrected chi connectivity index (χ0v) is 19.9. The van der Waals surface area contributed by atoms with Crippen LogP contribution in [0.5, 0.6) is 5.75 Å². The minimum atomic E-state index is -0.572. The van der Waals surface area contributed by atoms with E-state index in [-0.39, 0.29) is 35.1 Å². The normalized spacial score (nSPS) is 15.2. The number of piperazine rings is 1. The van der Waals surface area contributed by atoms with Crippen molar-refractivity contribution in [3.05, 3.63) is 118 Å². The van der Waals surface area contributed by atoms with Crippen LogP contribution in [0.25, 0.3) is 0 Å². The molecule has 1 aliphatic heterocycles. The Labute approximate surface area is 207 Å². The topological polar surface area (TPSA) is 61.9 Å². The van der Waals surface area contributed by atoms with Gasteiger partial charge in [0.05, 0.1) is 24.4 Å². The molecule has 0 aliphatic carbocycles. The van der Waals surface area contributed by atoms with E-state index in [0.29, 0.717) is 43.2 Å². The lowest BCUT2D eigenvalue weighted by Gasteiger charge is -2.40. The second-order valence-electron chi connectivity index (χ2n) is 9.01. The fraction of sp³-hybridized carbons (Fsp3) is 0.250. The third kappa shape index (κ3) is 4.77. The number of aryl methyl sites for hydroxylation is 1. The van der Waals surface area contributed by atoms with E-state index in [1.165, 1.54) is 24.3 Å². The Morgan fingerprint density at radius 2 is 1.58 bits per heavy atom. The summed E-state index contributed by atoms with van der Waals surface area (Å²) in [5.41, 5.74) is 2.17. The van der Waals surface area contributed by atoms with E-state index >= 15 is 0 Å². The molecule has 2 aromatic heterocycles. The Morgan fingerprint density at radius 3 is 2.19 bits per heavy atom. The Morgan fingerprint density at radius 1 is 0.944 bits per heavy atom. The number of pyridine rings is 1. The predicted molar refractivity (Wildman–Crippen MR) is 133 cm³/mol. The lowest BCUT2D eigenvalue weighted by atomic mass is 9.96. The van der Waals surface area contributed by atoms with Crippen LogP contribution < -0.4 is 10.5 Å². The van der Waals surface area contributed by atoms with Crippen molar-refractivity contribution in [2.75, 3.05) is 31.1 Å². The first-order valence-electron chi connectivity index (χ1n) is 11.9. The van der Waals surface area contributed by atoms with Crippen molar-refractivity contribution in [2.24, 2.45) is 0 Å². The average molecular weight is 492 g/mol. The Bertz CT molecular complexity index is 1380. The standard InChI is InChI=1S/C28H27F2N3O3/c1-19-17-25(34)26(28(35)33(19)18-24-3-2-16-36-24)27(20-4-6-21(29)7-5-20)32-14-12-31(13-15-32)23-10-8-22(30)9-11-23/h2-11,16-17,27,34H,12-15,18H2,1H3/t27-/m1/s1. The molecule has 186 valence electrons. The summed E-state index contributed by atoms with van der Waals surface area (Å²) in [5.74, 6) is -0.122. The van der Waals surface area contributed by atoms with Gasteiger partial charge in [-0.05, 0) is 67.1 Å². The van der Waals surface area contributed by atoms with Gasteiger partial charge in [0.15, 0.2) is 0 Å². The molecular formula is C28H27F2N3O3. The lowest BCUT2D eigenvalue weighted by Crippen LogP contribution is -2.49. The van der Waals surface area contributed by atoms with Crippen molar-refractivity contribution in [1.82, 2.24) is 9.47 Å². The zero-order chi connectivity index (χ0) is 25.2. The number of furan rings is 1. The molecule has 3 heterocycles. The third-order valence-electron chi connectivity index (χ3n) is 6.75. The molecule has 1 N–H and O–H groups in total. The summed E-state index contributed by atoms with van der Waals surface area (Å²) in [4.78, 5) is 18.1. The molecule has 8 heteroatoms. The summed E-state index contributed by atoms with van der Waals surface area (Å²) in [6, 6.07) is 17.0. The lowest BCUT2D eigenvalue weighted by molar-refractivity contribution is 0.207. The van der Waals surface area contributed by atoms with Gasteiger partial charge in [0.1, 0.15) is 23.1 Å². The highest BCUT2D eigenvalue weighted by atomic mass is 19.1. The maximum atomic E-state index is 13.8. The molecule has 4 aromatic rings. The van der Waals surface area contributed by atoms with Crippen molar-refractivity contribution in [3.8, 4) is 5.75 Å². The fourth-order valence-electron chi connectivity index (χ4n) is 4.88. The molecule has 36 heavy (non-hydrogen) atoms. The number of benzene rings is 2. The van der Waals surface area contributed by atoms with E-state index in [9.17, 15) is 18.7 Å². The summed E-state index contributed by atoms with van der Waals surface area (Å²) < 4.78 is 34.2. The highest BCUT2D eigenvalue weighted by molar-refractivity contribution is 5.47. The monoisotopic (exact) mass is 491 g/mol. The number of rotatable bonds is 6. The molecule has 0 radical (unpaired) electrons. The molecule has 5 rings (SSSR count).